The van der Waals surface area contributed by atoms with Crippen LogP contribution >= 0.6 is 35.7 Å². The van der Waals surface area contributed by atoms with E-state index in [2.05, 4.69) is 60.0 Å². The highest BCUT2D eigenvalue weighted by molar-refractivity contribution is 14.0. The van der Waals surface area contributed by atoms with Gasteiger partial charge in [0.1, 0.15) is 0 Å². The van der Waals surface area contributed by atoms with Crippen molar-refractivity contribution in [3.05, 3.63) is 29.8 Å². The van der Waals surface area contributed by atoms with Crippen LogP contribution in [0, 0.1) is 0 Å². The molecule has 1 aliphatic heterocycles. The van der Waals surface area contributed by atoms with Crippen LogP contribution in [0.3, 0.4) is 0 Å². The Morgan fingerprint density at radius 2 is 2.04 bits per heavy atom. The van der Waals surface area contributed by atoms with E-state index < -0.39 is 0 Å². The lowest BCUT2D eigenvalue weighted by Crippen LogP contribution is -2.45. The van der Waals surface area contributed by atoms with E-state index in [9.17, 15) is 0 Å². The van der Waals surface area contributed by atoms with Gasteiger partial charge in [0.2, 0.25) is 0 Å². The predicted octanol–water partition coefficient (Wildman–Crippen LogP) is 3.65. The third-order valence-electron chi connectivity index (χ3n) is 3.85. The van der Waals surface area contributed by atoms with E-state index in [4.69, 9.17) is 4.74 Å². The van der Waals surface area contributed by atoms with Crippen LogP contribution in [0.1, 0.15) is 32.3 Å². The molecular weight excluding hydrogens is 421 g/mol. The minimum absolute atomic E-state index is 0. The van der Waals surface area contributed by atoms with Gasteiger partial charge in [0.25, 0.3) is 0 Å². The molecule has 0 spiro atoms. The van der Waals surface area contributed by atoms with E-state index in [1.807, 2.05) is 0 Å². The summed E-state index contributed by atoms with van der Waals surface area (Å²) in [7, 11) is 0. The molecular formula is C17H28IN3OS. The van der Waals surface area contributed by atoms with Gasteiger partial charge in [0, 0.05) is 24.6 Å². The number of nitrogens with zero attached hydrogens (tertiary/aromatic N) is 1. The maximum absolute atomic E-state index is 5.81. The fraction of sp³-hybridized carbons (Fsp3) is 0.588. The highest BCUT2D eigenvalue weighted by Crippen LogP contribution is 2.23. The van der Waals surface area contributed by atoms with Gasteiger partial charge in [0.05, 0.1) is 12.1 Å². The number of thioether (sulfide) groups is 1. The van der Waals surface area contributed by atoms with Gasteiger partial charge in [0.15, 0.2) is 5.96 Å². The van der Waals surface area contributed by atoms with E-state index in [1.54, 1.807) is 11.8 Å². The number of guanidine groups is 1. The number of nitrogens with one attached hydrogen (secondary N) is 2. The number of ether oxygens (including phenoxy) is 1. The number of benzene rings is 1. The third kappa shape index (κ3) is 6.89. The maximum atomic E-state index is 5.81. The first-order chi connectivity index (χ1) is 10.6. The fourth-order valence-corrected chi connectivity index (χ4v) is 2.90. The van der Waals surface area contributed by atoms with E-state index in [0.717, 1.165) is 38.5 Å². The number of halogens is 1. The molecule has 4 nitrogen and oxygen atoms in total. The molecule has 23 heavy (non-hydrogen) atoms. The lowest BCUT2D eigenvalue weighted by atomic mass is 10.0. The van der Waals surface area contributed by atoms with Gasteiger partial charge in [-0.05, 0) is 50.6 Å². The fourth-order valence-electron chi connectivity index (χ4n) is 2.49. The summed E-state index contributed by atoms with van der Waals surface area (Å²) in [5, 5.41) is 6.70. The van der Waals surface area contributed by atoms with Gasteiger partial charge in [-0.1, -0.05) is 12.1 Å². The molecule has 1 aromatic rings. The van der Waals surface area contributed by atoms with Crippen molar-refractivity contribution in [1.29, 1.82) is 0 Å². The van der Waals surface area contributed by atoms with Crippen LogP contribution < -0.4 is 10.6 Å². The van der Waals surface area contributed by atoms with E-state index in [0.29, 0.717) is 6.54 Å². The van der Waals surface area contributed by atoms with Crippen molar-refractivity contribution in [2.24, 2.45) is 4.99 Å². The Labute approximate surface area is 161 Å². The second kappa shape index (κ2) is 10.4. The summed E-state index contributed by atoms with van der Waals surface area (Å²) in [5.41, 5.74) is 1.16. The molecule has 1 saturated heterocycles. The molecule has 6 heteroatoms. The van der Waals surface area contributed by atoms with Crippen LogP contribution in [-0.4, -0.2) is 37.5 Å². The molecule has 1 heterocycles. The zero-order chi connectivity index (χ0) is 15.8. The first-order valence-corrected chi connectivity index (χ1v) is 9.17. The topological polar surface area (TPSA) is 45.7 Å². The molecule has 0 aromatic heterocycles. The van der Waals surface area contributed by atoms with Gasteiger partial charge in [-0.2, -0.15) is 0 Å². The Bertz CT molecular complexity index is 487. The van der Waals surface area contributed by atoms with Gasteiger partial charge in [-0.25, -0.2) is 4.99 Å². The maximum Gasteiger partial charge on any atom is 0.191 e. The van der Waals surface area contributed by atoms with Crippen molar-refractivity contribution in [2.45, 2.75) is 43.7 Å². The molecule has 130 valence electrons. The molecule has 2 rings (SSSR count). The summed E-state index contributed by atoms with van der Waals surface area (Å²) in [6, 6.07) is 8.56. The SMILES string of the molecule is CCNC(=NCc1ccc(SC)cc1)NCC1(C)CCCO1.I. The number of rotatable bonds is 6. The number of aliphatic imine (C=N–C) groups is 1. The molecule has 0 saturated carbocycles. The molecule has 0 radical (unpaired) electrons. The first-order valence-electron chi connectivity index (χ1n) is 7.94. The second-order valence-corrected chi connectivity index (χ2v) is 6.68. The standard InChI is InChI=1S/C17H27N3OS.HI/c1-4-18-16(20-13-17(2)10-5-11-21-17)19-12-14-6-8-15(22-3)9-7-14;/h6-9H,4-5,10-13H2,1-3H3,(H2,18,19,20);1H. The molecule has 0 bridgehead atoms. The summed E-state index contributed by atoms with van der Waals surface area (Å²) in [6.07, 6.45) is 4.34. The Balaban J connectivity index is 0.00000264. The zero-order valence-corrected chi connectivity index (χ0v) is 17.4. The minimum Gasteiger partial charge on any atom is -0.373 e. The van der Waals surface area contributed by atoms with Crippen molar-refractivity contribution in [2.75, 3.05) is 26.0 Å². The summed E-state index contributed by atoms with van der Waals surface area (Å²) in [4.78, 5) is 5.94. The highest BCUT2D eigenvalue weighted by atomic mass is 127. The molecule has 1 aliphatic rings. The summed E-state index contributed by atoms with van der Waals surface area (Å²) in [6.45, 7) is 7.45. The highest BCUT2D eigenvalue weighted by Gasteiger charge is 2.29. The molecule has 1 aromatic carbocycles. The van der Waals surface area contributed by atoms with Crippen LogP contribution in [-0.2, 0) is 11.3 Å². The Morgan fingerprint density at radius 3 is 2.61 bits per heavy atom. The quantitative estimate of drug-likeness (QED) is 0.301. The van der Waals surface area contributed by atoms with E-state index >= 15 is 0 Å². The lowest BCUT2D eigenvalue weighted by Gasteiger charge is -2.24. The van der Waals surface area contributed by atoms with Gasteiger partial charge in [-0.15, -0.1) is 35.7 Å². The minimum atomic E-state index is -0.0593. The Morgan fingerprint density at radius 1 is 1.30 bits per heavy atom. The molecule has 1 atom stereocenters. The monoisotopic (exact) mass is 449 g/mol. The first kappa shape index (κ1) is 20.6. The van der Waals surface area contributed by atoms with Crippen LogP contribution in [0.2, 0.25) is 0 Å². The van der Waals surface area contributed by atoms with Gasteiger partial charge >= 0.3 is 0 Å². The van der Waals surface area contributed by atoms with Crippen LogP contribution in [0.5, 0.6) is 0 Å². The van der Waals surface area contributed by atoms with Crippen molar-refractivity contribution in [1.82, 2.24) is 10.6 Å². The van der Waals surface area contributed by atoms with Gasteiger partial charge < -0.3 is 15.4 Å². The second-order valence-electron chi connectivity index (χ2n) is 5.80. The average Bonchev–Trinajstić information content (AvgIpc) is 2.98. The lowest BCUT2D eigenvalue weighted by molar-refractivity contribution is 0.0243. The smallest absolute Gasteiger partial charge is 0.191 e. The van der Waals surface area contributed by atoms with E-state index in [1.165, 1.54) is 10.5 Å². The number of hydrogen-bond acceptors (Lipinski definition) is 3. The largest absolute Gasteiger partial charge is 0.373 e. The predicted molar refractivity (Wildman–Crippen MR) is 110 cm³/mol. The van der Waals surface area contributed by atoms with Crippen molar-refractivity contribution in [3.8, 4) is 0 Å². The van der Waals surface area contributed by atoms with Crippen LogP contribution in [0.4, 0.5) is 0 Å². The Hall–Kier alpha value is -0.470. The average molecular weight is 449 g/mol. The Kier molecular flexibility index (Phi) is 9.31. The van der Waals surface area contributed by atoms with E-state index in [-0.39, 0.29) is 29.6 Å². The van der Waals surface area contributed by atoms with Crippen molar-refractivity contribution >= 4 is 41.7 Å². The summed E-state index contributed by atoms with van der Waals surface area (Å²) in [5.74, 6) is 0.855. The van der Waals surface area contributed by atoms with Gasteiger partial charge in [-0.3, -0.25) is 0 Å². The molecule has 0 amide bonds. The van der Waals surface area contributed by atoms with Crippen molar-refractivity contribution in [3.63, 3.8) is 0 Å². The third-order valence-corrected chi connectivity index (χ3v) is 4.60. The van der Waals surface area contributed by atoms with Crippen LogP contribution in [0.25, 0.3) is 0 Å². The summed E-state index contributed by atoms with van der Waals surface area (Å²) < 4.78 is 5.81. The van der Waals surface area contributed by atoms with Crippen LogP contribution in [0.15, 0.2) is 34.2 Å². The molecule has 2 N–H and O–H groups in total. The zero-order valence-electron chi connectivity index (χ0n) is 14.2. The molecule has 0 aliphatic carbocycles. The molecule has 1 unspecified atom stereocenters. The molecule has 1 fully saturated rings. The summed E-state index contributed by atoms with van der Waals surface area (Å²) >= 11 is 1.76. The normalized spacial score (nSPS) is 20.9. The number of hydrogen-bond donors (Lipinski definition) is 2. The van der Waals surface area contributed by atoms with Crippen molar-refractivity contribution < 1.29 is 4.74 Å².